The Balaban J connectivity index is 1.99. The number of amides is 1. The normalized spacial score (nSPS) is 10.5. The number of anilines is 1. The highest BCUT2D eigenvalue weighted by Crippen LogP contribution is 2.21. The second kappa shape index (κ2) is 6.26. The highest BCUT2D eigenvalue weighted by molar-refractivity contribution is 9.10. The van der Waals surface area contributed by atoms with E-state index in [1.807, 2.05) is 6.07 Å². The minimum atomic E-state index is -0.685. The summed E-state index contributed by atoms with van der Waals surface area (Å²) >= 11 is 3.33. The van der Waals surface area contributed by atoms with E-state index in [-0.39, 0.29) is 5.56 Å². The number of benzene rings is 2. The highest BCUT2D eigenvalue weighted by Gasteiger charge is 2.14. The molecular formula is C17H12BrNO4. The summed E-state index contributed by atoms with van der Waals surface area (Å²) in [5.74, 6) is 0.0891. The smallest absolute Gasteiger partial charge is 0.349 e. The molecule has 0 aliphatic carbocycles. The minimum absolute atomic E-state index is 0.0641. The molecule has 0 saturated carbocycles. The largest absolute Gasteiger partial charge is 0.497 e. The molecule has 2 aromatic carbocycles. The van der Waals surface area contributed by atoms with Gasteiger partial charge in [0, 0.05) is 15.5 Å². The molecule has 0 saturated heterocycles. The maximum absolute atomic E-state index is 12.3. The van der Waals surface area contributed by atoms with E-state index in [0.717, 1.165) is 4.47 Å². The van der Waals surface area contributed by atoms with Crippen LogP contribution in [0, 0.1) is 0 Å². The van der Waals surface area contributed by atoms with Crippen LogP contribution in [-0.2, 0) is 0 Å². The molecule has 0 aliphatic rings. The van der Waals surface area contributed by atoms with Gasteiger partial charge >= 0.3 is 5.63 Å². The summed E-state index contributed by atoms with van der Waals surface area (Å²) in [6.45, 7) is 0. The van der Waals surface area contributed by atoms with Crippen molar-refractivity contribution in [2.75, 3.05) is 12.4 Å². The molecule has 6 heteroatoms. The maximum Gasteiger partial charge on any atom is 0.349 e. The van der Waals surface area contributed by atoms with Gasteiger partial charge in [0.1, 0.15) is 16.9 Å². The van der Waals surface area contributed by atoms with Crippen LogP contribution in [0.5, 0.6) is 5.75 Å². The molecule has 116 valence electrons. The average molecular weight is 374 g/mol. The summed E-state index contributed by atoms with van der Waals surface area (Å²) in [6, 6.07) is 13.6. The van der Waals surface area contributed by atoms with Gasteiger partial charge < -0.3 is 14.5 Å². The number of carbonyl (C=O) groups excluding carboxylic acids is 1. The lowest BCUT2D eigenvalue weighted by Gasteiger charge is -2.06. The summed E-state index contributed by atoms with van der Waals surface area (Å²) in [7, 11) is 1.54. The summed E-state index contributed by atoms with van der Waals surface area (Å²) in [6.07, 6.45) is 0. The van der Waals surface area contributed by atoms with Gasteiger partial charge in [-0.05, 0) is 42.5 Å². The lowest BCUT2D eigenvalue weighted by atomic mass is 10.1. The van der Waals surface area contributed by atoms with E-state index in [0.29, 0.717) is 22.4 Å². The van der Waals surface area contributed by atoms with Crippen molar-refractivity contribution in [1.82, 2.24) is 0 Å². The van der Waals surface area contributed by atoms with E-state index in [1.165, 1.54) is 6.07 Å². The van der Waals surface area contributed by atoms with Crippen LogP contribution in [0.1, 0.15) is 10.4 Å². The number of carbonyl (C=O) groups is 1. The molecule has 1 heterocycles. The maximum atomic E-state index is 12.3. The molecule has 23 heavy (non-hydrogen) atoms. The molecule has 3 aromatic rings. The molecule has 0 bridgehead atoms. The van der Waals surface area contributed by atoms with Gasteiger partial charge in [-0.15, -0.1) is 0 Å². The zero-order valence-corrected chi connectivity index (χ0v) is 13.7. The predicted molar refractivity (Wildman–Crippen MR) is 91.1 cm³/mol. The van der Waals surface area contributed by atoms with E-state index in [1.54, 1.807) is 43.5 Å². The summed E-state index contributed by atoms with van der Waals surface area (Å²) in [5.41, 5.74) is 0.227. The molecule has 0 aliphatic heterocycles. The van der Waals surface area contributed by atoms with Crippen LogP contribution in [0.4, 0.5) is 5.69 Å². The van der Waals surface area contributed by atoms with Crippen LogP contribution in [0.15, 0.2) is 62.2 Å². The summed E-state index contributed by atoms with van der Waals surface area (Å²) in [5, 5.41) is 3.29. The van der Waals surface area contributed by atoms with Crippen LogP contribution in [0.25, 0.3) is 11.0 Å². The van der Waals surface area contributed by atoms with Gasteiger partial charge in [0.05, 0.1) is 7.11 Å². The van der Waals surface area contributed by atoms with Crippen molar-refractivity contribution >= 4 is 38.5 Å². The molecule has 1 aromatic heterocycles. The number of nitrogens with one attached hydrogen (secondary N) is 1. The van der Waals surface area contributed by atoms with Crippen molar-refractivity contribution in [3.8, 4) is 5.75 Å². The van der Waals surface area contributed by atoms with Gasteiger partial charge in [-0.2, -0.15) is 0 Å². The highest BCUT2D eigenvalue weighted by atomic mass is 79.9. The Morgan fingerprint density at radius 2 is 2.00 bits per heavy atom. The van der Waals surface area contributed by atoms with E-state index >= 15 is 0 Å². The van der Waals surface area contributed by atoms with Crippen molar-refractivity contribution in [2.45, 2.75) is 0 Å². The predicted octanol–water partition coefficient (Wildman–Crippen LogP) is 3.82. The van der Waals surface area contributed by atoms with Crippen molar-refractivity contribution in [2.24, 2.45) is 0 Å². The summed E-state index contributed by atoms with van der Waals surface area (Å²) < 4.78 is 11.2. The molecule has 3 rings (SSSR count). The molecule has 0 fully saturated rings. The Morgan fingerprint density at radius 3 is 2.74 bits per heavy atom. The monoisotopic (exact) mass is 373 g/mol. The third-order valence-corrected chi connectivity index (χ3v) is 3.76. The fourth-order valence-corrected chi connectivity index (χ4v) is 2.55. The van der Waals surface area contributed by atoms with E-state index < -0.39 is 11.5 Å². The Kier molecular flexibility index (Phi) is 4.16. The lowest BCUT2D eigenvalue weighted by Crippen LogP contribution is -2.20. The lowest BCUT2D eigenvalue weighted by molar-refractivity contribution is 0.102. The van der Waals surface area contributed by atoms with Crippen LogP contribution >= 0.6 is 15.9 Å². The number of halogens is 1. The number of ether oxygens (including phenoxy) is 1. The molecular weight excluding hydrogens is 362 g/mol. The first-order valence-electron chi connectivity index (χ1n) is 6.75. The van der Waals surface area contributed by atoms with Crippen LogP contribution in [0.2, 0.25) is 0 Å². The van der Waals surface area contributed by atoms with Gasteiger partial charge in [-0.25, -0.2) is 4.79 Å². The molecule has 0 unspecified atom stereocenters. The van der Waals surface area contributed by atoms with E-state index in [9.17, 15) is 9.59 Å². The van der Waals surface area contributed by atoms with Gasteiger partial charge in [-0.3, -0.25) is 4.79 Å². The zero-order chi connectivity index (χ0) is 16.4. The van der Waals surface area contributed by atoms with Gasteiger partial charge in [0.25, 0.3) is 5.91 Å². The number of rotatable bonds is 3. The van der Waals surface area contributed by atoms with Crippen molar-refractivity contribution < 1.29 is 13.9 Å². The molecule has 1 N–H and O–H groups in total. The topological polar surface area (TPSA) is 68.5 Å². The third-order valence-electron chi connectivity index (χ3n) is 3.27. The number of hydrogen-bond acceptors (Lipinski definition) is 4. The molecule has 0 radical (unpaired) electrons. The van der Waals surface area contributed by atoms with Gasteiger partial charge in [0.2, 0.25) is 0 Å². The molecule has 1 amide bonds. The average Bonchev–Trinajstić information content (AvgIpc) is 2.53. The number of fused-ring (bicyclic) bond motifs is 1. The summed E-state index contributed by atoms with van der Waals surface area (Å²) in [4.78, 5) is 24.3. The number of methoxy groups -OCH3 is 1. The van der Waals surface area contributed by atoms with E-state index in [2.05, 4.69) is 21.2 Å². The zero-order valence-electron chi connectivity index (χ0n) is 12.1. The SMILES string of the molecule is COc1ccc2oc(=O)c(C(=O)Nc3cccc(Br)c3)cc2c1. The van der Waals surface area contributed by atoms with Gasteiger partial charge in [0.15, 0.2) is 0 Å². The fourth-order valence-electron chi connectivity index (χ4n) is 2.15. The Bertz CT molecular complexity index is 949. The first kappa shape index (κ1) is 15.3. The first-order valence-corrected chi connectivity index (χ1v) is 7.55. The second-order valence-electron chi connectivity index (χ2n) is 4.82. The van der Waals surface area contributed by atoms with Crippen molar-refractivity contribution in [3.63, 3.8) is 0 Å². The molecule has 0 spiro atoms. The quantitative estimate of drug-likeness (QED) is 0.708. The van der Waals surface area contributed by atoms with Crippen molar-refractivity contribution in [1.29, 1.82) is 0 Å². The molecule has 0 atom stereocenters. The Labute approximate surface area is 140 Å². The Morgan fingerprint density at radius 1 is 1.17 bits per heavy atom. The van der Waals surface area contributed by atoms with Crippen molar-refractivity contribution in [3.05, 3.63) is 69.0 Å². The van der Waals surface area contributed by atoms with Gasteiger partial charge in [-0.1, -0.05) is 22.0 Å². The fraction of sp³-hybridized carbons (Fsp3) is 0.0588. The minimum Gasteiger partial charge on any atom is -0.497 e. The standard InChI is InChI=1S/C17H12BrNO4/c1-22-13-5-6-15-10(7-13)8-14(17(21)23-15)16(20)19-12-4-2-3-11(18)9-12/h2-9H,1H3,(H,19,20). The second-order valence-corrected chi connectivity index (χ2v) is 5.73. The molecule has 5 nitrogen and oxygen atoms in total. The third kappa shape index (κ3) is 3.27. The number of hydrogen-bond donors (Lipinski definition) is 1. The van der Waals surface area contributed by atoms with Crippen LogP contribution in [-0.4, -0.2) is 13.0 Å². The first-order chi connectivity index (χ1) is 11.1. The van der Waals surface area contributed by atoms with E-state index in [4.69, 9.17) is 9.15 Å². The van der Waals surface area contributed by atoms with Crippen LogP contribution in [0.3, 0.4) is 0 Å². The Hall–Kier alpha value is -2.60. The van der Waals surface area contributed by atoms with Crippen LogP contribution < -0.4 is 15.7 Å².